The van der Waals surface area contributed by atoms with Crippen molar-refractivity contribution in [3.8, 4) is 0 Å². The summed E-state index contributed by atoms with van der Waals surface area (Å²) in [6, 6.07) is 0.277. The van der Waals surface area contributed by atoms with Crippen LogP contribution in [0, 0.1) is 0 Å². The van der Waals surface area contributed by atoms with Crippen LogP contribution < -0.4 is 5.73 Å². The summed E-state index contributed by atoms with van der Waals surface area (Å²) in [4.78, 5) is 6.55. The SMILES string of the molecule is CC(C)n1ncnc1CC(N)C1CN(C)CCO1. The molecule has 18 heavy (non-hydrogen) atoms. The van der Waals surface area contributed by atoms with E-state index in [1.165, 1.54) is 0 Å². The van der Waals surface area contributed by atoms with E-state index in [4.69, 9.17) is 10.5 Å². The quantitative estimate of drug-likeness (QED) is 0.821. The van der Waals surface area contributed by atoms with E-state index in [-0.39, 0.29) is 12.1 Å². The van der Waals surface area contributed by atoms with Crippen molar-refractivity contribution in [3.63, 3.8) is 0 Å². The summed E-state index contributed by atoms with van der Waals surface area (Å²) in [5, 5.41) is 4.23. The van der Waals surface area contributed by atoms with Crippen LogP contribution in [-0.4, -0.2) is 58.6 Å². The molecule has 1 aliphatic rings. The second-order valence-electron chi connectivity index (χ2n) is 5.25. The number of ether oxygens (including phenoxy) is 1. The van der Waals surface area contributed by atoms with Gasteiger partial charge in [-0.05, 0) is 20.9 Å². The minimum absolute atomic E-state index is 0.0329. The van der Waals surface area contributed by atoms with E-state index in [0.29, 0.717) is 12.5 Å². The molecule has 0 bridgehead atoms. The van der Waals surface area contributed by atoms with Crippen LogP contribution in [0.25, 0.3) is 0 Å². The monoisotopic (exact) mass is 253 g/mol. The molecule has 6 nitrogen and oxygen atoms in total. The van der Waals surface area contributed by atoms with Crippen LogP contribution in [-0.2, 0) is 11.2 Å². The fourth-order valence-electron chi connectivity index (χ4n) is 2.26. The second-order valence-corrected chi connectivity index (χ2v) is 5.25. The van der Waals surface area contributed by atoms with E-state index in [0.717, 1.165) is 25.5 Å². The normalized spacial score (nSPS) is 23.5. The highest BCUT2D eigenvalue weighted by Gasteiger charge is 2.25. The molecule has 0 aromatic carbocycles. The van der Waals surface area contributed by atoms with Gasteiger partial charge in [0.15, 0.2) is 0 Å². The molecule has 102 valence electrons. The van der Waals surface area contributed by atoms with Crippen LogP contribution in [0.5, 0.6) is 0 Å². The Balaban J connectivity index is 1.97. The minimum Gasteiger partial charge on any atom is -0.374 e. The zero-order valence-electron chi connectivity index (χ0n) is 11.4. The van der Waals surface area contributed by atoms with Crippen LogP contribution >= 0.6 is 0 Å². The molecule has 1 fully saturated rings. The van der Waals surface area contributed by atoms with Crippen molar-refractivity contribution in [3.05, 3.63) is 12.2 Å². The largest absolute Gasteiger partial charge is 0.374 e. The molecule has 2 heterocycles. The van der Waals surface area contributed by atoms with Gasteiger partial charge in [0.2, 0.25) is 0 Å². The number of nitrogens with two attached hydrogens (primary N) is 1. The van der Waals surface area contributed by atoms with Crippen molar-refractivity contribution in [2.75, 3.05) is 26.7 Å². The molecule has 2 rings (SSSR count). The van der Waals surface area contributed by atoms with Crippen LogP contribution in [0.1, 0.15) is 25.7 Å². The third-order valence-electron chi connectivity index (χ3n) is 3.33. The third kappa shape index (κ3) is 3.07. The molecule has 6 heteroatoms. The van der Waals surface area contributed by atoms with Gasteiger partial charge in [0.05, 0.1) is 12.7 Å². The van der Waals surface area contributed by atoms with Crippen molar-refractivity contribution in [2.24, 2.45) is 5.73 Å². The average Bonchev–Trinajstić information content (AvgIpc) is 2.77. The Kier molecular flexibility index (Phi) is 4.31. The summed E-state index contributed by atoms with van der Waals surface area (Å²) >= 11 is 0. The standard InChI is InChI=1S/C12H23N5O/c1-9(2)17-12(14-8-15-17)6-10(13)11-7-16(3)4-5-18-11/h8-11H,4-7,13H2,1-3H3. The second kappa shape index (κ2) is 5.77. The number of rotatable bonds is 4. The van der Waals surface area contributed by atoms with E-state index in [2.05, 4.69) is 35.9 Å². The molecule has 1 aliphatic heterocycles. The third-order valence-corrected chi connectivity index (χ3v) is 3.33. The number of aromatic nitrogens is 3. The molecule has 2 atom stereocenters. The van der Waals surface area contributed by atoms with E-state index in [1.54, 1.807) is 6.33 Å². The molecular formula is C12H23N5O. The molecule has 0 aliphatic carbocycles. The minimum atomic E-state index is -0.0329. The van der Waals surface area contributed by atoms with Gasteiger partial charge in [0.25, 0.3) is 0 Å². The molecule has 1 aromatic rings. The topological polar surface area (TPSA) is 69.2 Å². The summed E-state index contributed by atoms with van der Waals surface area (Å²) in [6.45, 7) is 6.80. The van der Waals surface area contributed by atoms with Gasteiger partial charge in [0, 0.05) is 31.6 Å². The molecule has 0 saturated carbocycles. The summed E-state index contributed by atoms with van der Waals surface area (Å²) in [5.74, 6) is 0.939. The molecule has 1 saturated heterocycles. The maximum absolute atomic E-state index is 6.24. The maximum Gasteiger partial charge on any atom is 0.138 e. The summed E-state index contributed by atoms with van der Waals surface area (Å²) in [6.07, 6.45) is 2.38. The number of hydrogen-bond acceptors (Lipinski definition) is 5. The Morgan fingerprint density at radius 2 is 2.33 bits per heavy atom. The first-order valence-corrected chi connectivity index (χ1v) is 6.52. The predicted octanol–water partition coefficient (Wildman–Crippen LogP) is 0.0594. The lowest BCUT2D eigenvalue weighted by Gasteiger charge is -2.33. The van der Waals surface area contributed by atoms with Crippen LogP contribution in [0.4, 0.5) is 0 Å². The molecule has 0 spiro atoms. The zero-order chi connectivity index (χ0) is 13.1. The summed E-state index contributed by atoms with van der Waals surface area (Å²) in [5.41, 5.74) is 6.24. The molecule has 0 amide bonds. The van der Waals surface area contributed by atoms with Crippen molar-refractivity contribution >= 4 is 0 Å². The smallest absolute Gasteiger partial charge is 0.138 e. The van der Waals surface area contributed by atoms with Gasteiger partial charge in [-0.25, -0.2) is 9.67 Å². The van der Waals surface area contributed by atoms with E-state index >= 15 is 0 Å². The fraction of sp³-hybridized carbons (Fsp3) is 0.833. The summed E-state index contributed by atoms with van der Waals surface area (Å²) < 4.78 is 7.66. The summed E-state index contributed by atoms with van der Waals surface area (Å²) in [7, 11) is 2.10. The lowest BCUT2D eigenvalue weighted by atomic mass is 10.1. The van der Waals surface area contributed by atoms with Gasteiger partial charge < -0.3 is 15.4 Å². The highest BCUT2D eigenvalue weighted by atomic mass is 16.5. The van der Waals surface area contributed by atoms with Crippen molar-refractivity contribution in [1.82, 2.24) is 19.7 Å². The van der Waals surface area contributed by atoms with Crippen molar-refractivity contribution < 1.29 is 4.74 Å². The Morgan fingerprint density at radius 3 is 3.00 bits per heavy atom. The van der Waals surface area contributed by atoms with Crippen LogP contribution in [0.2, 0.25) is 0 Å². The zero-order valence-corrected chi connectivity index (χ0v) is 11.4. The first-order chi connectivity index (χ1) is 8.58. The number of nitrogens with zero attached hydrogens (tertiary/aromatic N) is 4. The highest BCUT2D eigenvalue weighted by Crippen LogP contribution is 2.12. The van der Waals surface area contributed by atoms with Gasteiger partial charge in [-0.1, -0.05) is 0 Å². The fourth-order valence-corrected chi connectivity index (χ4v) is 2.26. The number of morpholine rings is 1. The highest BCUT2D eigenvalue weighted by molar-refractivity contribution is 4.94. The molecule has 2 unspecified atom stereocenters. The van der Waals surface area contributed by atoms with Gasteiger partial charge in [0.1, 0.15) is 12.2 Å². The van der Waals surface area contributed by atoms with E-state index < -0.39 is 0 Å². The van der Waals surface area contributed by atoms with E-state index in [1.807, 2.05) is 4.68 Å². The van der Waals surface area contributed by atoms with E-state index in [9.17, 15) is 0 Å². The van der Waals surface area contributed by atoms with Gasteiger partial charge >= 0.3 is 0 Å². The molecule has 2 N–H and O–H groups in total. The number of hydrogen-bond donors (Lipinski definition) is 1. The molecule has 1 aromatic heterocycles. The van der Waals surface area contributed by atoms with Gasteiger partial charge in [-0.3, -0.25) is 0 Å². The Bertz CT molecular complexity index is 378. The molecule has 0 radical (unpaired) electrons. The molecular weight excluding hydrogens is 230 g/mol. The van der Waals surface area contributed by atoms with Crippen LogP contribution in [0.3, 0.4) is 0 Å². The Morgan fingerprint density at radius 1 is 1.56 bits per heavy atom. The average molecular weight is 253 g/mol. The Labute approximate surface area is 108 Å². The van der Waals surface area contributed by atoms with Crippen molar-refractivity contribution in [1.29, 1.82) is 0 Å². The first-order valence-electron chi connectivity index (χ1n) is 6.52. The van der Waals surface area contributed by atoms with Crippen LogP contribution in [0.15, 0.2) is 6.33 Å². The lowest BCUT2D eigenvalue weighted by molar-refractivity contribution is -0.0323. The van der Waals surface area contributed by atoms with Gasteiger partial charge in [-0.2, -0.15) is 5.10 Å². The Hall–Kier alpha value is -0.980. The van der Waals surface area contributed by atoms with Gasteiger partial charge in [-0.15, -0.1) is 0 Å². The first kappa shape index (κ1) is 13.5. The lowest BCUT2D eigenvalue weighted by Crippen LogP contribution is -2.50. The number of likely N-dealkylation sites (N-methyl/N-ethyl adjacent to an activating group) is 1. The maximum atomic E-state index is 6.24. The predicted molar refractivity (Wildman–Crippen MR) is 69.3 cm³/mol. The van der Waals surface area contributed by atoms with Crippen molar-refractivity contribution in [2.45, 2.75) is 38.5 Å².